The van der Waals surface area contributed by atoms with Gasteiger partial charge in [-0.05, 0) is 61.0 Å². The van der Waals surface area contributed by atoms with Crippen LogP contribution in [0.15, 0.2) is 61.2 Å². The number of rotatable bonds is 7. The van der Waals surface area contributed by atoms with Gasteiger partial charge in [0.05, 0.1) is 17.4 Å². The number of benzene rings is 2. The lowest BCUT2D eigenvalue weighted by Crippen LogP contribution is -2.50. The van der Waals surface area contributed by atoms with Gasteiger partial charge in [-0.25, -0.2) is 4.68 Å². The zero-order valence-electron chi connectivity index (χ0n) is 21.4. The maximum Gasteiger partial charge on any atom is 0.573 e. The fraction of sp³-hybridized carbons (Fsp3) is 0.296. The highest BCUT2D eigenvalue weighted by molar-refractivity contribution is 5.98. The standard InChI is InChI=1S/C27H27F3N6O4/c1-2-22(37)35-15-13-34(14-16-35)21-11-12-32-24-23(21)33-36(25(24)26(31)38)17-3-5-18(6-4-17)39-19-7-9-20(10-8-19)40-27(28,29)30/h2-10,21,32H,1,11-16H2,(H2,31,38)/t21-/m1/s1. The van der Waals surface area contributed by atoms with Gasteiger partial charge in [-0.3, -0.25) is 14.5 Å². The SMILES string of the molecule is C=CC(=O)N1CCN([C@@H]2CCNc3c2nn(-c2ccc(Oc4ccc(OC(F)(F)F)cc4)cc2)c3C(N)=O)CC1. The number of carbonyl (C=O) groups excluding carboxylic acids is 2. The lowest BCUT2D eigenvalue weighted by molar-refractivity contribution is -0.274. The zero-order valence-corrected chi connectivity index (χ0v) is 21.4. The Balaban J connectivity index is 1.35. The number of nitrogens with one attached hydrogen (secondary N) is 1. The predicted octanol–water partition coefficient (Wildman–Crippen LogP) is 3.85. The lowest BCUT2D eigenvalue weighted by atomic mass is 10.0. The summed E-state index contributed by atoms with van der Waals surface area (Å²) in [6, 6.07) is 11.7. The Bertz CT molecular complexity index is 1400. The van der Waals surface area contributed by atoms with Gasteiger partial charge in [0, 0.05) is 32.7 Å². The zero-order chi connectivity index (χ0) is 28.4. The minimum atomic E-state index is -4.77. The summed E-state index contributed by atoms with van der Waals surface area (Å²) in [6.45, 7) is 6.67. The summed E-state index contributed by atoms with van der Waals surface area (Å²) < 4.78 is 48.2. The molecule has 10 nitrogen and oxygen atoms in total. The second-order valence-corrected chi connectivity index (χ2v) is 9.30. The molecule has 13 heteroatoms. The molecule has 2 amide bonds. The Kier molecular flexibility index (Phi) is 7.39. The molecule has 210 valence electrons. The average molecular weight is 557 g/mol. The third-order valence-corrected chi connectivity index (χ3v) is 6.80. The smallest absolute Gasteiger partial charge is 0.457 e. The van der Waals surface area contributed by atoms with E-state index in [2.05, 4.69) is 21.5 Å². The van der Waals surface area contributed by atoms with Crippen molar-refractivity contribution in [3.8, 4) is 22.9 Å². The summed E-state index contributed by atoms with van der Waals surface area (Å²) in [6.07, 6.45) is -2.68. The number of amides is 2. The molecular weight excluding hydrogens is 529 g/mol. The highest BCUT2D eigenvalue weighted by Gasteiger charge is 2.35. The first-order chi connectivity index (χ1) is 19.1. The lowest BCUT2D eigenvalue weighted by Gasteiger charge is -2.40. The van der Waals surface area contributed by atoms with E-state index in [9.17, 15) is 22.8 Å². The van der Waals surface area contributed by atoms with Crippen molar-refractivity contribution >= 4 is 17.5 Å². The Labute approximate surface area is 227 Å². The normalized spacial score (nSPS) is 17.5. The van der Waals surface area contributed by atoms with Crippen LogP contribution in [-0.4, -0.2) is 70.5 Å². The molecule has 2 aliphatic rings. The molecule has 5 rings (SSSR count). The van der Waals surface area contributed by atoms with Crippen molar-refractivity contribution in [1.29, 1.82) is 0 Å². The van der Waals surface area contributed by atoms with Crippen LogP contribution in [0.5, 0.6) is 17.2 Å². The van der Waals surface area contributed by atoms with Gasteiger partial charge in [-0.15, -0.1) is 13.2 Å². The number of nitrogens with two attached hydrogens (primary N) is 1. The molecule has 0 bridgehead atoms. The van der Waals surface area contributed by atoms with Crippen molar-refractivity contribution in [3.05, 3.63) is 72.6 Å². The minimum absolute atomic E-state index is 0.0523. The highest BCUT2D eigenvalue weighted by Crippen LogP contribution is 2.37. The summed E-state index contributed by atoms with van der Waals surface area (Å²) in [5.74, 6) is -0.336. The molecule has 0 radical (unpaired) electrons. The van der Waals surface area contributed by atoms with E-state index < -0.39 is 12.3 Å². The van der Waals surface area contributed by atoms with Crippen molar-refractivity contribution in [2.24, 2.45) is 5.73 Å². The number of carbonyl (C=O) groups is 2. The van der Waals surface area contributed by atoms with E-state index in [-0.39, 0.29) is 23.4 Å². The summed E-state index contributed by atoms with van der Waals surface area (Å²) in [5.41, 5.74) is 7.89. The van der Waals surface area contributed by atoms with Crippen LogP contribution in [0, 0.1) is 0 Å². The molecule has 1 atom stereocenters. The molecule has 2 aliphatic heterocycles. The number of piperazine rings is 1. The molecule has 1 fully saturated rings. The molecule has 0 saturated carbocycles. The first-order valence-corrected chi connectivity index (χ1v) is 12.6. The van der Waals surface area contributed by atoms with Gasteiger partial charge in [0.2, 0.25) is 5.91 Å². The van der Waals surface area contributed by atoms with Gasteiger partial charge in [-0.1, -0.05) is 6.58 Å². The Hall–Kier alpha value is -4.52. The van der Waals surface area contributed by atoms with E-state index >= 15 is 0 Å². The van der Waals surface area contributed by atoms with Crippen molar-refractivity contribution in [3.63, 3.8) is 0 Å². The maximum atomic E-state index is 12.5. The molecule has 3 N–H and O–H groups in total. The highest BCUT2D eigenvalue weighted by atomic mass is 19.4. The van der Waals surface area contributed by atoms with Gasteiger partial charge in [-0.2, -0.15) is 5.10 Å². The number of hydrogen-bond acceptors (Lipinski definition) is 7. The fourth-order valence-electron chi connectivity index (χ4n) is 4.97. The fourth-order valence-corrected chi connectivity index (χ4v) is 4.97. The van der Waals surface area contributed by atoms with E-state index in [1.807, 2.05) is 0 Å². The van der Waals surface area contributed by atoms with Crippen LogP contribution in [0.25, 0.3) is 5.69 Å². The first kappa shape index (κ1) is 27.1. The van der Waals surface area contributed by atoms with Crippen LogP contribution in [0.2, 0.25) is 0 Å². The Morgan fingerprint density at radius 1 is 1.00 bits per heavy atom. The molecule has 3 heterocycles. The van der Waals surface area contributed by atoms with Crippen molar-refractivity contribution in [2.75, 3.05) is 38.0 Å². The molecule has 1 aromatic heterocycles. The molecule has 0 spiro atoms. The number of nitrogens with zero attached hydrogens (tertiary/aromatic N) is 4. The second-order valence-electron chi connectivity index (χ2n) is 9.30. The summed E-state index contributed by atoms with van der Waals surface area (Å²) >= 11 is 0. The van der Waals surface area contributed by atoms with Gasteiger partial charge < -0.3 is 25.4 Å². The minimum Gasteiger partial charge on any atom is -0.457 e. The number of fused-ring (bicyclic) bond motifs is 1. The topological polar surface area (TPSA) is 115 Å². The molecule has 1 saturated heterocycles. The van der Waals surface area contributed by atoms with Gasteiger partial charge in [0.25, 0.3) is 5.91 Å². The van der Waals surface area contributed by atoms with E-state index in [0.717, 1.165) is 18.6 Å². The first-order valence-electron chi connectivity index (χ1n) is 12.6. The largest absolute Gasteiger partial charge is 0.573 e. The van der Waals surface area contributed by atoms with E-state index in [1.54, 1.807) is 29.2 Å². The monoisotopic (exact) mass is 556 g/mol. The van der Waals surface area contributed by atoms with E-state index in [4.69, 9.17) is 15.6 Å². The summed E-state index contributed by atoms with van der Waals surface area (Å²) in [7, 11) is 0. The molecular formula is C27H27F3N6O4. The number of ether oxygens (including phenoxy) is 2. The van der Waals surface area contributed by atoms with Crippen molar-refractivity contribution in [1.82, 2.24) is 19.6 Å². The number of anilines is 1. The Morgan fingerprint density at radius 3 is 2.17 bits per heavy atom. The van der Waals surface area contributed by atoms with Gasteiger partial charge >= 0.3 is 6.36 Å². The van der Waals surface area contributed by atoms with Crippen LogP contribution < -0.4 is 20.5 Å². The number of primary amides is 1. The Morgan fingerprint density at radius 2 is 1.60 bits per heavy atom. The number of hydrogen-bond donors (Lipinski definition) is 2. The van der Waals surface area contributed by atoms with Crippen LogP contribution in [0.4, 0.5) is 18.9 Å². The second kappa shape index (κ2) is 10.9. The predicted molar refractivity (Wildman–Crippen MR) is 139 cm³/mol. The van der Waals surface area contributed by atoms with Crippen LogP contribution >= 0.6 is 0 Å². The summed E-state index contributed by atoms with van der Waals surface area (Å²) in [5, 5.41) is 8.07. The molecule has 0 unspecified atom stereocenters. The van der Waals surface area contributed by atoms with Crippen LogP contribution in [0.3, 0.4) is 0 Å². The molecule has 0 aliphatic carbocycles. The van der Waals surface area contributed by atoms with E-state index in [0.29, 0.717) is 61.3 Å². The number of aromatic nitrogens is 2. The van der Waals surface area contributed by atoms with Crippen molar-refractivity contribution in [2.45, 2.75) is 18.8 Å². The maximum absolute atomic E-state index is 12.5. The summed E-state index contributed by atoms with van der Waals surface area (Å²) in [4.78, 5) is 28.5. The quantitative estimate of drug-likeness (QED) is 0.425. The third kappa shape index (κ3) is 5.73. The van der Waals surface area contributed by atoms with Crippen LogP contribution in [-0.2, 0) is 4.79 Å². The number of alkyl halides is 3. The van der Waals surface area contributed by atoms with E-state index in [1.165, 1.54) is 22.9 Å². The van der Waals surface area contributed by atoms with Gasteiger partial charge in [0.1, 0.15) is 22.9 Å². The van der Waals surface area contributed by atoms with Crippen molar-refractivity contribution < 1.29 is 32.2 Å². The third-order valence-electron chi connectivity index (χ3n) is 6.80. The number of halogens is 3. The molecule has 3 aromatic rings. The molecule has 40 heavy (non-hydrogen) atoms. The average Bonchev–Trinajstić information content (AvgIpc) is 3.34. The molecule has 2 aromatic carbocycles. The van der Waals surface area contributed by atoms with Crippen LogP contribution in [0.1, 0.15) is 28.6 Å². The van der Waals surface area contributed by atoms with Gasteiger partial charge in [0.15, 0.2) is 5.69 Å².